The number of rotatable bonds is 5. The Balaban J connectivity index is 1.84. The highest BCUT2D eigenvalue weighted by molar-refractivity contribution is 6.02. The lowest BCUT2D eigenvalue weighted by Crippen LogP contribution is -2.51. The summed E-state index contributed by atoms with van der Waals surface area (Å²) in [7, 11) is 0. The maximum Gasteiger partial charge on any atom is 0.319 e. The minimum atomic E-state index is -1.17. The van der Waals surface area contributed by atoms with E-state index in [1.54, 1.807) is 12.4 Å². The second-order valence-corrected chi connectivity index (χ2v) is 4.60. The van der Waals surface area contributed by atoms with E-state index in [1.165, 1.54) is 0 Å². The number of carboxylic acid groups (broad SMARTS) is 1. The molecule has 5 heteroatoms. The Morgan fingerprint density at radius 3 is 2.50 bits per heavy atom. The van der Waals surface area contributed by atoms with Crippen LogP contribution in [-0.2, 0) is 16.0 Å². The van der Waals surface area contributed by atoms with Crippen LogP contribution in [0.15, 0.2) is 24.5 Å². The molecule has 5 nitrogen and oxygen atoms in total. The molecule has 1 amide bonds. The van der Waals surface area contributed by atoms with E-state index in [9.17, 15) is 9.59 Å². The van der Waals surface area contributed by atoms with E-state index in [-0.39, 0.29) is 5.91 Å². The van der Waals surface area contributed by atoms with Crippen LogP contribution in [0, 0.1) is 5.41 Å². The lowest BCUT2D eigenvalue weighted by molar-refractivity contribution is -0.162. The normalized spacial score (nSPS) is 16.7. The van der Waals surface area contributed by atoms with Crippen LogP contribution in [-0.4, -0.2) is 28.5 Å². The highest BCUT2D eigenvalue weighted by atomic mass is 16.4. The molecule has 0 spiro atoms. The molecule has 0 unspecified atom stereocenters. The molecule has 1 aliphatic rings. The average molecular weight is 248 g/mol. The first kappa shape index (κ1) is 12.5. The summed E-state index contributed by atoms with van der Waals surface area (Å²) in [4.78, 5) is 26.9. The van der Waals surface area contributed by atoms with Crippen molar-refractivity contribution in [1.29, 1.82) is 0 Å². The van der Waals surface area contributed by atoms with Crippen LogP contribution in [0.1, 0.15) is 24.8 Å². The van der Waals surface area contributed by atoms with Gasteiger partial charge in [-0.25, -0.2) is 0 Å². The molecule has 0 aliphatic heterocycles. The lowest BCUT2D eigenvalue weighted by atomic mass is 9.68. The Morgan fingerprint density at radius 1 is 1.33 bits per heavy atom. The Labute approximate surface area is 105 Å². The molecule has 0 aromatic carbocycles. The predicted molar refractivity (Wildman–Crippen MR) is 64.9 cm³/mol. The number of aliphatic carboxylic acids is 1. The van der Waals surface area contributed by atoms with Gasteiger partial charge in [0, 0.05) is 18.9 Å². The van der Waals surface area contributed by atoms with E-state index in [0.717, 1.165) is 12.0 Å². The minimum absolute atomic E-state index is 0.352. The van der Waals surface area contributed by atoms with Crippen LogP contribution in [0.3, 0.4) is 0 Å². The number of nitrogens with one attached hydrogen (secondary N) is 1. The largest absolute Gasteiger partial charge is 0.480 e. The van der Waals surface area contributed by atoms with Crippen LogP contribution in [0.2, 0.25) is 0 Å². The molecule has 0 atom stereocenters. The second-order valence-electron chi connectivity index (χ2n) is 4.60. The monoisotopic (exact) mass is 248 g/mol. The van der Waals surface area contributed by atoms with Crippen molar-refractivity contribution in [3.63, 3.8) is 0 Å². The maximum atomic E-state index is 11.9. The van der Waals surface area contributed by atoms with Gasteiger partial charge in [-0.05, 0) is 37.0 Å². The molecule has 2 N–H and O–H groups in total. The number of nitrogens with zero attached hydrogens (tertiary/aromatic N) is 1. The van der Waals surface area contributed by atoms with E-state index >= 15 is 0 Å². The molecule has 1 heterocycles. The summed E-state index contributed by atoms with van der Waals surface area (Å²) in [5, 5.41) is 11.8. The van der Waals surface area contributed by atoms with Gasteiger partial charge in [-0.1, -0.05) is 6.42 Å². The van der Waals surface area contributed by atoms with Crippen molar-refractivity contribution in [2.24, 2.45) is 5.41 Å². The highest BCUT2D eigenvalue weighted by Gasteiger charge is 2.50. The first-order valence-electron chi connectivity index (χ1n) is 6.06. The Hall–Kier alpha value is -1.91. The van der Waals surface area contributed by atoms with Crippen molar-refractivity contribution in [2.75, 3.05) is 6.54 Å². The number of carboxylic acids is 1. The van der Waals surface area contributed by atoms with Gasteiger partial charge in [0.2, 0.25) is 5.91 Å². The van der Waals surface area contributed by atoms with Crippen LogP contribution in [0.25, 0.3) is 0 Å². The van der Waals surface area contributed by atoms with Crippen LogP contribution >= 0.6 is 0 Å². The van der Waals surface area contributed by atoms with Crippen molar-refractivity contribution in [3.05, 3.63) is 30.1 Å². The predicted octanol–water partition coefficient (Wildman–Crippen LogP) is 0.995. The lowest BCUT2D eigenvalue weighted by Gasteiger charge is -2.35. The third kappa shape index (κ3) is 2.34. The highest BCUT2D eigenvalue weighted by Crippen LogP contribution is 2.41. The van der Waals surface area contributed by atoms with Crippen molar-refractivity contribution in [2.45, 2.75) is 25.7 Å². The summed E-state index contributed by atoms with van der Waals surface area (Å²) in [6.07, 6.45) is 5.78. The number of aromatic nitrogens is 1. The van der Waals surface area contributed by atoms with E-state index in [0.29, 0.717) is 25.8 Å². The number of carbonyl (C=O) groups excluding carboxylic acids is 1. The average Bonchev–Trinajstić information content (AvgIpc) is 2.28. The summed E-state index contributed by atoms with van der Waals surface area (Å²) in [6.45, 7) is 0.456. The Bertz CT molecular complexity index is 441. The Morgan fingerprint density at radius 2 is 2.00 bits per heavy atom. The van der Waals surface area contributed by atoms with Crippen LogP contribution < -0.4 is 5.32 Å². The van der Waals surface area contributed by atoms with Gasteiger partial charge in [0.1, 0.15) is 5.41 Å². The molecule has 18 heavy (non-hydrogen) atoms. The van der Waals surface area contributed by atoms with Gasteiger partial charge in [-0.3, -0.25) is 14.6 Å². The van der Waals surface area contributed by atoms with Gasteiger partial charge in [0.15, 0.2) is 0 Å². The first-order valence-corrected chi connectivity index (χ1v) is 6.06. The number of hydrogen-bond donors (Lipinski definition) is 2. The molecule has 1 aromatic rings. The Kier molecular flexibility index (Phi) is 3.60. The van der Waals surface area contributed by atoms with E-state index < -0.39 is 11.4 Å². The van der Waals surface area contributed by atoms with Gasteiger partial charge in [-0.15, -0.1) is 0 Å². The molecule has 0 saturated heterocycles. The first-order chi connectivity index (χ1) is 8.65. The third-order valence-electron chi connectivity index (χ3n) is 3.50. The number of pyridine rings is 1. The SMILES string of the molecule is O=C(O)C1(C(=O)NCCc2ccncc2)CCC1. The standard InChI is InChI=1S/C13H16N2O3/c16-11(13(12(17)18)5-1-6-13)15-9-4-10-2-7-14-8-3-10/h2-3,7-8H,1,4-6,9H2,(H,15,16)(H,17,18). The molecule has 1 aliphatic carbocycles. The van der Waals surface area contributed by atoms with Crippen molar-refractivity contribution in [1.82, 2.24) is 10.3 Å². The molecule has 0 radical (unpaired) electrons. The van der Waals surface area contributed by atoms with E-state index in [2.05, 4.69) is 10.3 Å². The van der Waals surface area contributed by atoms with Crippen molar-refractivity contribution in [3.8, 4) is 0 Å². The summed E-state index contributed by atoms with van der Waals surface area (Å²) >= 11 is 0. The second kappa shape index (κ2) is 5.16. The number of amides is 1. The fourth-order valence-electron chi connectivity index (χ4n) is 2.11. The minimum Gasteiger partial charge on any atom is -0.480 e. The molecular weight excluding hydrogens is 232 g/mol. The van der Waals surface area contributed by atoms with Crippen LogP contribution in [0.4, 0.5) is 0 Å². The zero-order valence-electron chi connectivity index (χ0n) is 10.1. The third-order valence-corrected chi connectivity index (χ3v) is 3.50. The van der Waals surface area contributed by atoms with E-state index in [4.69, 9.17) is 5.11 Å². The zero-order chi connectivity index (χ0) is 13.0. The topological polar surface area (TPSA) is 79.3 Å². The van der Waals surface area contributed by atoms with E-state index in [1.807, 2.05) is 12.1 Å². The molecule has 2 rings (SSSR count). The van der Waals surface area contributed by atoms with Gasteiger partial charge < -0.3 is 10.4 Å². The number of hydrogen-bond acceptors (Lipinski definition) is 3. The van der Waals surface area contributed by atoms with Crippen molar-refractivity contribution >= 4 is 11.9 Å². The van der Waals surface area contributed by atoms with Gasteiger partial charge >= 0.3 is 5.97 Å². The fraction of sp³-hybridized carbons (Fsp3) is 0.462. The molecule has 96 valence electrons. The van der Waals surface area contributed by atoms with Gasteiger partial charge in [-0.2, -0.15) is 0 Å². The van der Waals surface area contributed by atoms with Gasteiger partial charge in [0.05, 0.1) is 0 Å². The summed E-state index contributed by atoms with van der Waals surface area (Å²) < 4.78 is 0. The molecule has 1 saturated carbocycles. The fourth-order valence-corrected chi connectivity index (χ4v) is 2.11. The number of carbonyl (C=O) groups is 2. The van der Waals surface area contributed by atoms with Crippen molar-refractivity contribution < 1.29 is 14.7 Å². The summed E-state index contributed by atoms with van der Waals surface area (Å²) in [5.41, 5.74) is -0.0959. The maximum absolute atomic E-state index is 11.9. The summed E-state index contributed by atoms with van der Waals surface area (Å²) in [6, 6.07) is 3.75. The zero-order valence-corrected chi connectivity index (χ0v) is 10.1. The molecule has 1 aromatic heterocycles. The summed E-state index contributed by atoms with van der Waals surface area (Å²) in [5.74, 6) is -1.36. The molecular formula is C13H16N2O3. The quantitative estimate of drug-likeness (QED) is 0.762. The smallest absolute Gasteiger partial charge is 0.319 e. The van der Waals surface area contributed by atoms with Crippen LogP contribution in [0.5, 0.6) is 0 Å². The molecule has 1 fully saturated rings. The van der Waals surface area contributed by atoms with Gasteiger partial charge in [0.25, 0.3) is 0 Å². The molecule has 0 bridgehead atoms.